The molecule has 2 heterocycles. The molecule has 5 heteroatoms. The lowest BCUT2D eigenvalue weighted by atomic mass is 9.94. The maximum atomic E-state index is 6.59. The highest BCUT2D eigenvalue weighted by atomic mass is 28.4. The molecule has 1 unspecified atom stereocenters. The summed E-state index contributed by atoms with van der Waals surface area (Å²) in [7, 11) is -0.115. The van der Waals surface area contributed by atoms with Crippen molar-refractivity contribution in [2.75, 3.05) is 20.3 Å². The molecule has 0 aromatic rings. The number of ether oxygens (including phenoxy) is 3. The zero-order valence-electron chi connectivity index (χ0n) is 13.3. The maximum absolute atomic E-state index is 6.59. The average Bonchev–Trinajstić information content (AvgIpc) is 2.82. The monoisotopic (exact) mass is 288 g/mol. The quantitative estimate of drug-likeness (QED) is 0.745. The van der Waals surface area contributed by atoms with Crippen molar-refractivity contribution >= 4 is 8.32 Å². The Kier molecular flexibility index (Phi) is 3.91. The first-order valence-corrected chi connectivity index (χ1v) is 10.0. The van der Waals surface area contributed by atoms with Gasteiger partial charge in [0.2, 0.25) is 0 Å². The molecule has 0 saturated carbocycles. The van der Waals surface area contributed by atoms with Crippen LogP contribution >= 0.6 is 0 Å². The molecule has 2 rings (SSSR count). The highest BCUT2D eigenvalue weighted by Gasteiger charge is 2.62. The van der Waals surface area contributed by atoms with E-state index in [0.717, 1.165) is 0 Å². The van der Waals surface area contributed by atoms with Crippen LogP contribution in [0.1, 0.15) is 27.7 Å². The molecule has 4 atom stereocenters. The Balaban J connectivity index is 2.20. The van der Waals surface area contributed by atoms with E-state index in [0.29, 0.717) is 13.2 Å². The van der Waals surface area contributed by atoms with Crippen molar-refractivity contribution in [2.45, 2.75) is 69.7 Å². The third kappa shape index (κ3) is 2.40. The third-order valence-corrected chi connectivity index (χ3v) is 9.58. The SMILES string of the molecule is COC(C)[C@@]12CO[C@@H](CO1)[C@H]2O[Si](C)(C)C(C)(C)C. The van der Waals surface area contributed by atoms with Crippen LogP contribution in [-0.4, -0.2) is 52.6 Å². The second-order valence-corrected chi connectivity index (χ2v) is 12.0. The third-order valence-electron chi connectivity index (χ3n) is 5.13. The van der Waals surface area contributed by atoms with Crippen LogP contribution in [0.15, 0.2) is 0 Å². The zero-order chi connectivity index (χ0) is 14.5. The molecule has 112 valence electrons. The van der Waals surface area contributed by atoms with Gasteiger partial charge < -0.3 is 18.6 Å². The van der Waals surface area contributed by atoms with Crippen LogP contribution < -0.4 is 0 Å². The molecule has 0 aliphatic carbocycles. The second-order valence-electron chi connectivity index (χ2n) is 7.29. The number of fused-ring (bicyclic) bond motifs is 2. The second kappa shape index (κ2) is 4.81. The van der Waals surface area contributed by atoms with Crippen molar-refractivity contribution in [3.8, 4) is 0 Å². The minimum absolute atomic E-state index is 0.00309. The normalized spacial score (nSPS) is 36.8. The van der Waals surface area contributed by atoms with E-state index in [-0.39, 0.29) is 23.4 Å². The van der Waals surface area contributed by atoms with E-state index in [4.69, 9.17) is 18.6 Å². The van der Waals surface area contributed by atoms with Crippen LogP contribution in [0.2, 0.25) is 18.1 Å². The smallest absolute Gasteiger partial charge is 0.192 e. The standard InChI is InChI=1S/C14H28O4Si/c1-10(15-5)14-9-16-11(8-17-14)12(14)18-19(6,7)13(2,3)4/h10-12H,8-9H2,1-7H3/t10?,11-,12+,14+/m0/s1. The van der Waals surface area contributed by atoms with Gasteiger partial charge in [-0.3, -0.25) is 0 Å². The average molecular weight is 288 g/mol. The van der Waals surface area contributed by atoms with E-state index in [1.807, 2.05) is 6.92 Å². The summed E-state index contributed by atoms with van der Waals surface area (Å²) in [5.41, 5.74) is -0.422. The lowest BCUT2D eigenvalue weighted by molar-refractivity contribution is -0.158. The summed E-state index contributed by atoms with van der Waals surface area (Å²) in [6, 6.07) is 0. The number of rotatable bonds is 4. The van der Waals surface area contributed by atoms with Gasteiger partial charge in [0.15, 0.2) is 8.32 Å². The Morgan fingerprint density at radius 3 is 2.37 bits per heavy atom. The van der Waals surface area contributed by atoms with Gasteiger partial charge in [0, 0.05) is 7.11 Å². The Hall–Kier alpha value is 0.0569. The Morgan fingerprint density at radius 2 is 1.95 bits per heavy atom. The summed E-state index contributed by atoms with van der Waals surface area (Å²) in [5, 5.41) is 0.187. The topological polar surface area (TPSA) is 36.9 Å². The predicted octanol–water partition coefficient (Wildman–Crippen LogP) is 2.58. The van der Waals surface area contributed by atoms with Crippen LogP contribution in [0.4, 0.5) is 0 Å². The Bertz CT molecular complexity index is 329. The molecule has 0 spiro atoms. The van der Waals surface area contributed by atoms with Gasteiger partial charge in [0.1, 0.15) is 17.8 Å². The van der Waals surface area contributed by atoms with Crippen molar-refractivity contribution in [1.29, 1.82) is 0 Å². The van der Waals surface area contributed by atoms with Crippen molar-refractivity contribution in [3.05, 3.63) is 0 Å². The first-order chi connectivity index (χ1) is 8.64. The van der Waals surface area contributed by atoms with Gasteiger partial charge in [-0.05, 0) is 25.1 Å². The lowest BCUT2D eigenvalue weighted by Gasteiger charge is -2.42. The molecular formula is C14H28O4Si. The van der Waals surface area contributed by atoms with Gasteiger partial charge in [-0.1, -0.05) is 20.8 Å². The molecular weight excluding hydrogens is 260 g/mol. The summed E-state index contributed by atoms with van der Waals surface area (Å²) < 4.78 is 24.0. The van der Waals surface area contributed by atoms with Crippen LogP contribution in [-0.2, 0) is 18.6 Å². The van der Waals surface area contributed by atoms with E-state index in [9.17, 15) is 0 Å². The van der Waals surface area contributed by atoms with Crippen molar-refractivity contribution < 1.29 is 18.6 Å². The van der Waals surface area contributed by atoms with Crippen LogP contribution in [0.3, 0.4) is 0 Å². The summed E-state index contributed by atoms with van der Waals surface area (Å²) in [6.07, 6.45) is 0.0461. The maximum Gasteiger partial charge on any atom is 0.192 e. The summed E-state index contributed by atoms with van der Waals surface area (Å²) in [4.78, 5) is 0. The summed E-state index contributed by atoms with van der Waals surface area (Å²) in [5.74, 6) is 0. The highest BCUT2D eigenvalue weighted by Crippen LogP contribution is 2.46. The van der Waals surface area contributed by atoms with Gasteiger partial charge in [-0.25, -0.2) is 0 Å². The van der Waals surface area contributed by atoms with Gasteiger partial charge in [-0.2, -0.15) is 0 Å². The molecule has 0 aromatic carbocycles. The van der Waals surface area contributed by atoms with E-state index in [2.05, 4.69) is 33.9 Å². The fraction of sp³-hybridized carbons (Fsp3) is 1.00. The number of methoxy groups -OCH3 is 1. The molecule has 0 radical (unpaired) electrons. The van der Waals surface area contributed by atoms with Gasteiger partial charge in [-0.15, -0.1) is 0 Å². The van der Waals surface area contributed by atoms with Crippen molar-refractivity contribution in [2.24, 2.45) is 0 Å². The van der Waals surface area contributed by atoms with Gasteiger partial charge >= 0.3 is 0 Å². The molecule has 19 heavy (non-hydrogen) atoms. The molecule has 0 aromatic heterocycles. The fourth-order valence-electron chi connectivity index (χ4n) is 2.55. The molecule has 2 aliphatic rings. The van der Waals surface area contributed by atoms with Gasteiger partial charge in [0.05, 0.1) is 19.3 Å². The Labute approximate surface area is 117 Å². The lowest BCUT2D eigenvalue weighted by Crippen LogP contribution is -2.56. The first-order valence-electron chi connectivity index (χ1n) is 7.10. The van der Waals surface area contributed by atoms with E-state index >= 15 is 0 Å². The predicted molar refractivity (Wildman–Crippen MR) is 77.0 cm³/mol. The molecule has 0 amide bonds. The minimum Gasteiger partial charge on any atom is -0.408 e. The van der Waals surface area contributed by atoms with Crippen molar-refractivity contribution in [3.63, 3.8) is 0 Å². The van der Waals surface area contributed by atoms with E-state index in [1.165, 1.54) is 0 Å². The first kappa shape index (κ1) is 15.4. The van der Waals surface area contributed by atoms with Gasteiger partial charge in [0.25, 0.3) is 0 Å². The molecule has 2 bridgehead atoms. The largest absolute Gasteiger partial charge is 0.408 e. The van der Waals surface area contributed by atoms with Crippen LogP contribution in [0.25, 0.3) is 0 Å². The van der Waals surface area contributed by atoms with Crippen LogP contribution in [0, 0.1) is 0 Å². The molecule has 4 nitrogen and oxygen atoms in total. The number of hydrogen-bond donors (Lipinski definition) is 0. The fourth-order valence-corrected chi connectivity index (χ4v) is 3.89. The zero-order valence-corrected chi connectivity index (χ0v) is 14.3. The highest BCUT2D eigenvalue weighted by molar-refractivity contribution is 6.74. The summed E-state index contributed by atoms with van der Waals surface area (Å²) >= 11 is 0. The summed E-state index contributed by atoms with van der Waals surface area (Å²) in [6.45, 7) is 14.5. The Morgan fingerprint density at radius 1 is 1.32 bits per heavy atom. The number of hydrogen-bond acceptors (Lipinski definition) is 4. The molecule has 0 N–H and O–H groups in total. The van der Waals surface area contributed by atoms with E-state index in [1.54, 1.807) is 7.11 Å². The molecule has 2 aliphatic heterocycles. The van der Waals surface area contributed by atoms with Crippen LogP contribution in [0.5, 0.6) is 0 Å². The van der Waals surface area contributed by atoms with Crippen molar-refractivity contribution in [1.82, 2.24) is 0 Å². The molecule has 2 fully saturated rings. The van der Waals surface area contributed by atoms with E-state index < -0.39 is 13.9 Å². The minimum atomic E-state index is -1.83. The molecule has 2 saturated heterocycles.